The third-order valence-corrected chi connectivity index (χ3v) is 2.27. The monoisotopic (exact) mass is 184 g/mol. The molecule has 0 aliphatic carbocycles. The van der Waals surface area contributed by atoms with E-state index in [2.05, 4.69) is 17.1 Å². The summed E-state index contributed by atoms with van der Waals surface area (Å²) in [6, 6.07) is 12.1. The topological polar surface area (TPSA) is 38.4 Å². The van der Waals surface area contributed by atoms with E-state index < -0.39 is 0 Å². The number of aliphatic imine (C=N–C) groups is 1. The lowest BCUT2D eigenvalue weighted by atomic mass is 10.1. The van der Waals surface area contributed by atoms with Crippen LogP contribution in [0.2, 0.25) is 0 Å². The molecule has 0 fully saturated rings. The molecule has 2 aromatic rings. The fraction of sp³-hybridized carbons (Fsp3) is 0.0833. The summed E-state index contributed by atoms with van der Waals surface area (Å²) in [6.07, 6.45) is 1.78. The van der Waals surface area contributed by atoms with Gasteiger partial charge in [0.2, 0.25) is 0 Å². The Hall–Kier alpha value is -1.83. The van der Waals surface area contributed by atoms with Gasteiger partial charge in [0.05, 0.1) is 0 Å². The van der Waals surface area contributed by atoms with Gasteiger partial charge in [-0.1, -0.05) is 36.4 Å². The van der Waals surface area contributed by atoms with E-state index in [4.69, 9.17) is 5.73 Å². The van der Waals surface area contributed by atoms with E-state index in [0.29, 0.717) is 0 Å². The first-order valence-electron chi connectivity index (χ1n) is 4.52. The summed E-state index contributed by atoms with van der Waals surface area (Å²) in [4.78, 5) is 3.97. The van der Waals surface area contributed by atoms with Gasteiger partial charge in [-0.25, -0.2) is 0 Å². The highest BCUT2D eigenvalue weighted by Crippen LogP contribution is 2.23. The van der Waals surface area contributed by atoms with Crippen LogP contribution in [0.5, 0.6) is 0 Å². The van der Waals surface area contributed by atoms with Gasteiger partial charge in [-0.05, 0) is 5.39 Å². The molecule has 0 unspecified atom stereocenters. The third kappa shape index (κ3) is 1.35. The van der Waals surface area contributed by atoms with Crippen molar-refractivity contribution in [1.82, 2.24) is 0 Å². The zero-order valence-corrected chi connectivity index (χ0v) is 8.07. The Labute approximate surface area is 83.1 Å². The molecule has 0 heterocycles. The number of hydrogen-bond donors (Lipinski definition) is 1. The largest absolute Gasteiger partial charge is 0.398 e. The number of anilines is 1. The van der Waals surface area contributed by atoms with Gasteiger partial charge < -0.3 is 5.73 Å². The van der Waals surface area contributed by atoms with Crippen molar-refractivity contribution in [3.63, 3.8) is 0 Å². The highest BCUT2D eigenvalue weighted by atomic mass is 14.6. The van der Waals surface area contributed by atoms with Gasteiger partial charge in [0, 0.05) is 29.9 Å². The van der Waals surface area contributed by atoms with Crippen LogP contribution in [-0.2, 0) is 0 Å². The van der Waals surface area contributed by atoms with Crippen LogP contribution in [-0.4, -0.2) is 13.3 Å². The van der Waals surface area contributed by atoms with Crippen molar-refractivity contribution in [3.05, 3.63) is 42.0 Å². The van der Waals surface area contributed by atoms with Gasteiger partial charge in [0.15, 0.2) is 0 Å². The third-order valence-electron chi connectivity index (χ3n) is 2.27. The van der Waals surface area contributed by atoms with Gasteiger partial charge in [-0.2, -0.15) is 0 Å². The molecule has 14 heavy (non-hydrogen) atoms. The number of rotatable bonds is 1. The molecule has 2 rings (SSSR count). The fourth-order valence-corrected chi connectivity index (χ4v) is 1.56. The van der Waals surface area contributed by atoms with Crippen molar-refractivity contribution in [2.75, 3.05) is 12.8 Å². The van der Waals surface area contributed by atoms with Crippen LogP contribution in [0, 0.1) is 0 Å². The maximum atomic E-state index is 6.01. The molecule has 70 valence electrons. The molecule has 0 aromatic heterocycles. The Morgan fingerprint density at radius 3 is 2.71 bits per heavy atom. The second-order valence-electron chi connectivity index (χ2n) is 3.18. The van der Waals surface area contributed by atoms with Crippen LogP contribution >= 0.6 is 0 Å². The second kappa shape index (κ2) is 3.50. The normalized spacial score (nSPS) is 11.2. The molecule has 0 bridgehead atoms. The zero-order valence-electron chi connectivity index (χ0n) is 8.07. The van der Waals surface area contributed by atoms with Crippen molar-refractivity contribution < 1.29 is 0 Å². The Kier molecular flexibility index (Phi) is 2.19. The molecule has 0 amide bonds. The van der Waals surface area contributed by atoms with Crippen molar-refractivity contribution in [2.24, 2.45) is 4.99 Å². The first-order chi connectivity index (χ1) is 6.83. The Balaban J connectivity index is 2.75. The van der Waals surface area contributed by atoms with E-state index in [0.717, 1.165) is 16.6 Å². The summed E-state index contributed by atoms with van der Waals surface area (Å²) in [7, 11) is 1.74. The molecule has 0 spiro atoms. The molecule has 2 heteroatoms. The average Bonchev–Trinajstić information content (AvgIpc) is 2.23. The number of fused-ring (bicyclic) bond motifs is 1. The Morgan fingerprint density at radius 2 is 1.93 bits per heavy atom. The molecule has 0 radical (unpaired) electrons. The molecule has 0 atom stereocenters. The quantitative estimate of drug-likeness (QED) is 0.536. The van der Waals surface area contributed by atoms with Crippen LogP contribution in [0.15, 0.2) is 41.4 Å². The minimum Gasteiger partial charge on any atom is -0.398 e. The number of nitrogen functional groups attached to an aromatic ring is 1. The molecule has 2 nitrogen and oxygen atoms in total. The maximum Gasteiger partial charge on any atom is 0.0482 e. The van der Waals surface area contributed by atoms with Gasteiger partial charge in [-0.15, -0.1) is 0 Å². The summed E-state index contributed by atoms with van der Waals surface area (Å²) in [6.45, 7) is 0. The van der Waals surface area contributed by atoms with E-state index in [9.17, 15) is 0 Å². The number of nitrogens with zero attached hydrogens (tertiary/aromatic N) is 1. The van der Waals surface area contributed by atoms with Gasteiger partial charge in [0.25, 0.3) is 0 Å². The highest BCUT2D eigenvalue weighted by Gasteiger charge is 2.00. The number of nitrogens with two attached hydrogens (primary N) is 1. The molecule has 0 saturated heterocycles. The van der Waals surface area contributed by atoms with Gasteiger partial charge in [-0.3, -0.25) is 4.99 Å². The molecular formula is C12H12N2. The smallest absolute Gasteiger partial charge is 0.0482 e. The molecule has 0 aliphatic rings. The summed E-state index contributed by atoms with van der Waals surface area (Å²) in [5.41, 5.74) is 7.79. The summed E-state index contributed by atoms with van der Waals surface area (Å²) in [5, 5.41) is 2.25. The summed E-state index contributed by atoms with van der Waals surface area (Å²) < 4.78 is 0. The lowest BCUT2D eigenvalue weighted by Crippen LogP contribution is -1.94. The number of hydrogen-bond acceptors (Lipinski definition) is 2. The van der Waals surface area contributed by atoms with Crippen molar-refractivity contribution in [1.29, 1.82) is 0 Å². The second-order valence-corrected chi connectivity index (χ2v) is 3.18. The van der Waals surface area contributed by atoms with E-state index in [1.807, 2.05) is 24.3 Å². The summed E-state index contributed by atoms with van der Waals surface area (Å²) >= 11 is 0. The molecule has 0 aliphatic heterocycles. The predicted octanol–water partition coefficient (Wildman–Crippen LogP) is 2.47. The fourth-order valence-electron chi connectivity index (χ4n) is 1.56. The summed E-state index contributed by atoms with van der Waals surface area (Å²) in [5.74, 6) is 0. The van der Waals surface area contributed by atoms with Crippen molar-refractivity contribution in [2.45, 2.75) is 0 Å². The van der Waals surface area contributed by atoms with E-state index in [1.165, 1.54) is 5.39 Å². The highest BCUT2D eigenvalue weighted by molar-refractivity contribution is 6.02. The lowest BCUT2D eigenvalue weighted by molar-refractivity contribution is 1.46. The van der Waals surface area contributed by atoms with Crippen LogP contribution in [0.25, 0.3) is 10.8 Å². The van der Waals surface area contributed by atoms with Crippen LogP contribution < -0.4 is 5.73 Å². The Bertz CT molecular complexity index is 487. The minimum absolute atomic E-state index is 0.800. The van der Waals surface area contributed by atoms with Crippen LogP contribution in [0.1, 0.15) is 5.56 Å². The van der Waals surface area contributed by atoms with E-state index in [1.54, 1.807) is 13.3 Å². The zero-order chi connectivity index (χ0) is 9.97. The average molecular weight is 184 g/mol. The van der Waals surface area contributed by atoms with Crippen LogP contribution in [0.4, 0.5) is 5.69 Å². The molecule has 0 saturated carbocycles. The standard InChI is InChI=1S/C12H12N2/c1-14-8-10-7-6-9-4-2-3-5-11(9)12(10)13/h2-8H,13H2,1H3. The first-order valence-corrected chi connectivity index (χ1v) is 4.52. The maximum absolute atomic E-state index is 6.01. The van der Waals surface area contributed by atoms with Crippen LogP contribution in [0.3, 0.4) is 0 Å². The van der Waals surface area contributed by atoms with Gasteiger partial charge in [0.1, 0.15) is 0 Å². The lowest BCUT2D eigenvalue weighted by Gasteiger charge is -2.04. The molecule has 2 N–H and O–H groups in total. The number of benzene rings is 2. The molecule has 2 aromatic carbocycles. The van der Waals surface area contributed by atoms with Crippen molar-refractivity contribution in [3.8, 4) is 0 Å². The Morgan fingerprint density at radius 1 is 1.14 bits per heavy atom. The van der Waals surface area contributed by atoms with Gasteiger partial charge >= 0.3 is 0 Å². The molecular weight excluding hydrogens is 172 g/mol. The predicted molar refractivity (Wildman–Crippen MR) is 61.9 cm³/mol. The van der Waals surface area contributed by atoms with E-state index in [-0.39, 0.29) is 0 Å². The van der Waals surface area contributed by atoms with Crippen molar-refractivity contribution >= 4 is 22.7 Å². The SMILES string of the molecule is CN=Cc1ccc2ccccc2c1N. The minimum atomic E-state index is 0.800. The van der Waals surface area contributed by atoms with E-state index >= 15 is 0 Å². The first kappa shape index (κ1) is 8.75.